The first-order valence-electron chi connectivity index (χ1n) is 8.53. The van der Waals surface area contributed by atoms with Crippen LogP contribution in [0.15, 0.2) is 51.7 Å². The summed E-state index contributed by atoms with van der Waals surface area (Å²) in [5, 5.41) is 9.16. The highest BCUT2D eigenvalue weighted by Crippen LogP contribution is 2.26. The Hall–Kier alpha value is -3.00. The standard InChI is InChI=1S/C21H16BrF2NO4/c1-11-8-14(6-7-15(11)21(27)28)25-12(2)9-17(18(22)20(25)26)29-10-13-4-3-5-16(23)19(13)24/h3-9H,10H2,1-2H3,(H,27,28). The minimum absolute atomic E-state index is 0.0265. The van der Waals surface area contributed by atoms with Crippen LogP contribution >= 0.6 is 15.9 Å². The Morgan fingerprint density at radius 3 is 2.55 bits per heavy atom. The zero-order chi connectivity index (χ0) is 21.3. The monoisotopic (exact) mass is 463 g/mol. The molecule has 0 aliphatic carbocycles. The Kier molecular flexibility index (Phi) is 5.83. The minimum atomic E-state index is -1.05. The quantitative estimate of drug-likeness (QED) is 0.591. The van der Waals surface area contributed by atoms with Gasteiger partial charge in [0.05, 0.1) is 5.56 Å². The Balaban J connectivity index is 1.97. The third kappa shape index (κ3) is 4.07. The molecule has 0 aliphatic rings. The van der Waals surface area contributed by atoms with E-state index in [0.29, 0.717) is 16.9 Å². The number of hydrogen-bond donors (Lipinski definition) is 1. The maximum absolute atomic E-state index is 13.8. The molecule has 0 fully saturated rings. The van der Waals surface area contributed by atoms with E-state index in [-0.39, 0.29) is 28.0 Å². The van der Waals surface area contributed by atoms with Crippen LogP contribution in [0.1, 0.15) is 27.2 Å². The lowest BCUT2D eigenvalue weighted by atomic mass is 10.1. The van der Waals surface area contributed by atoms with Crippen molar-refractivity contribution >= 4 is 21.9 Å². The average molecular weight is 464 g/mol. The van der Waals surface area contributed by atoms with Gasteiger partial charge < -0.3 is 9.84 Å². The van der Waals surface area contributed by atoms with Gasteiger partial charge in [0.1, 0.15) is 16.8 Å². The lowest BCUT2D eigenvalue weighted by Gasteiger charge is -2.15. The smallest absolute Gasteiger partial charge is 0.335 e. The number of ether oxygens (including phenoxy) is 1. The highest BCUT2D eigenvalue weighted by atomic mass is 79.9. The molecular weight excluding hydrogens is 448 g/mol. The summed E-state index contributed by atoms with van der Waals surface area (Å²) in [6.45, 7) is 3.08. The number of nitrogens with zero attached hydrogens (tertiary/aromatic N) is 1. The molecule has 0 radical (unpaired) electrons. The summed E-state index contributed by atoms with van der Waals surface area (Å²) < 4.78 is 34.2. The van der Waals surface area contributed by atoms with Gasteiger partial charge in [0, 0.05) is 23.0 Å². The van der Waals surface area contributed by atoms with Crippen molar-refractivity contribution in [3.05, 3.63) is 91.3 Å². The van der Waals surface area contributed by atoms with Gasteiger partial charge in [-0.3, -0.25) is 9.36 Å². The number of aryl methyl sites for hydroxylation is 2. The van der Waals surface area contributed by atoms with Gasteiger partial charge in [0.2, 0.25) is 0 Å². The van der Waals surface area contributed by atoms with Gasteiger partial charge in [-0.25, -0.2) is 13.6 Å². The molecule has 0 saturated carbocycles. The molecule has 3 rings (SSSR count). The third-order valence-corrected chi connectivity index (χ3v) is 5.14. The molecule has 0 unspecified atom stereocenters. The molecule has 3 aromatic rings. The normalized spacial score (nSPS) is 10.8. The number of hydrogen-bond acceptors (Lipinski definition) is 3. The van der Waals surface area contributed by atoms with Crippen LogP contribution in [-0.4, -0.2) is 15.6 Å². The average Bonchev–Trinajstić information content (AvgIpc) is 2.66. The van der Waals surface area contributed by atoms with E-state index in [1.807, 2.05) is 0 Å². The Labute approximate surface area is 173 Å². The van der Waals surface area contributed by atoms with Crippen LogP contribution in [0.4, 0.5) is 8.78 Å². The molecule has 150 valence electrons. The van der Waals surface area contributed by atoms with Gasteiger partial charge in [0.25, 0.3) is 5.56 Å². The lowest BCUT2D eigenvalue weighted by Crippen LogP contribution is -2.22. The van der Waals surface area contributed by atoms with E-state index >= 15 is 0 Å². The number of carboxylic acids is 1. The summed E-state index contributed by atoms with van der Waals surface area (Å²) in [6, 6.07) is 9.95. The SMILES string of the molecule is Cc1cc(-n2c(C)cc(OCc3cccc(F)c3F)c(Br)c2=O)ccc1C(=O)O. The van der Waals surface area contributed by atoms with Gasteiger partial charge in [-0.1, -0.05) is 12.1 Å². The first-order valence-corrected chi connectivity index (χ1v) is 9.32. The number of carbonyl (C=O) groups is 1. The second-order valence-corrected chi connectivity index (χ2v) is 7.20. The van der Waals surface area contributed by atoms with Crippen molar-refractivity contribution in [2.45, 2.75) is 20.5 Å². The van der Waals surface area contributed by atoms with Crippen LogP contribution < -0.4 is 10.3 Å². The first kappa shape index (κ1) is 20.7. The van der Waals surface area contributed by atoms with Crippen LogP contribution in [0.3, 0.4) is 0 Å². The van der Waals surface area contributed by atoms with Crippen molar-refractivity contribution in [3.8, 4) is 11.4 Å². The fraction of sp³-hybridized carbons (Fsp3) is 0.143. The van der Waals surface area contributed by atoms with Gasteiger partial charge >= 0.3 is 5.97 Å². The molecule has 0 atom stereocenters. The maximum Gasteiger partial charge on any atom is 0.335 e. The minimum Gasteiger partial charge on any atom is -0.487 e. The number of rotatable bonds is 5. The second kappa shape index (κ2) is 8.16. The van der Waals surface area contributed by atoms with E-state index in [2.05, 4.69) is 15.9 Å². The zero-order valence-corrected chi connectivity index (χ0v) is 17.1. The van der Waals surface area contributed by atoms with E-state index in [9.17, 15) is 18.4 Å². The van der Waals surface area contributed by atoms with Crippen molar-refractivity contribution < 1.29 is 23.4 Å². The van der Waals surface area contributed by atoms with Crippen LogP contribution in [0.2, 0.25) is 0 Å². The third-order valence-electron chi connectivity index (χ3n) is 4.41. The first-order chi connectivity index (χ1) is 13.7. The Morgan fingerprint density at radius 1 is 1.17 bits per heavy atom. The molecule has 0 spiro atoms. The van der Waals surface area contributed by atoms with Gasteiger partial charge in [-0.2, -0.15) is 0 Å². The fourth-order valence-corrected chi connectivity index (χ4v) is 3.36. The molecule has 0 saturated heterocycles. The Bertz CT molecular complexity index is 1170. The molecule has 8 heteroatoms. The van der Waals surface area contributed by atoms with E-state index in [4.69, 9.17) is 9.84 Å². The molecule has 1 N–H and O–H groups in total. The summed E-state index contributed by atoms with van der Waals surface area (Å²) in [6.07, 6.45) is 0. The predicted molar refractivity (Wildman–Crippen MR) is 107 cm³/mol. The number of pyridine rings is 1. The summed E-state index contributed by atoms with van der Waals surface area (Å²) >= 11 is 3.20. The number of carboxylic acid groups (broad SMARTS) is 1. The van der Waals surface area contributed by atoms with Gasteiger partial charge in [0.15, 0.2) is 11.6 Å². The molecule has 5 nitrogen and oxygen atoms in total. The largest absolute Gasteiger partial charge is 0.487 e. The van der Waals surface area contributed by atoms with Crippen LogP contribution in [0.5, 0.6) is 5.75 Å². The maximum atomic E-state index is 13.8. The van der Waals surface area contributed by atoms with E-state index in [1.165, 1.54) is 22.8 Å². The second-order valence-electron chi connectivity index (χ2n) is 6.41. The number of halogens is 3. The molecule has 0 bridgehead atoms. The number of aromatic nitrogens is 1. The number of benzene rings is 2. The Morgan fingerprint density at radius 2 is 1.90 bits per heavy atom. The fourth-order valence-electron chi connectivity index (χ4n) is 2.95. The molecule has 0 aliphatic heterocycles. The molecular formula is C21H16BrF2NO4. The van der Waals surface area contributed by atoms with Crippen molar-refractivity contribution in [1.82, 2.24) is 4.57 Å². The van der Waals surface area contributed by atoms with Crippen LogP contribution in [0.25, 0.3) is 5.69 Å². The van der Waals surface area contributed by atoms with E-state index in [1.54, 1.807) is 32.0 Å². The lowest BCUT2D eigenvalue weighted by molar-refractivity contribution is 0.0696. The van der Waals surface area contributed by atoms with E-state index in [0.717, 1.165) is 6.07 Å². The van der Waals surface area contributed by atoms with Crippen molar-refractivity contribution in [2.24, 2.45) is 0 Å². The number of aromatic carboxylic acids is 1. The van der Waals surface area contributed by atoms with Crippen LogP contribution in [0, 0.1) is 25.5 Å². The highest BCUT2D eigenvalue weighted by Gasteiger charge is 2.16. The van der Waals surface area contributed by atoms with Crippen molar-refractivity contribution in [3.63, 3.8) is 0 Å². The molecule has 2 aromatic carbocycles. The van der Waals surface area contributed by atoms with Gasteiger partial charge in [-0.15, -0.1) is 0 Å². The molecule has 29 heavy (non-hydrogen) atoms. The zero-order valence-electron chi connectivity index (χ0n) is 15.5. The molecule has 1 aromatic heterocycles. The molecule has 1 heterocycles. The van der Waals surface area contributed by atoms with Gasteiger partial charge in [-0.05, 0) is 59.6 Å². The summed E-state index contributed by atoms with van der Waals surface area (Å²) in [5.74, 6) is -2.83. The van der Waals surface area contributed by atoms with Crippen molar-refractivity contribution in [2.75, 3.05) is 0 Å². The van der Waals surface area contributed by atoms with E-state index < -0.39 is 23.2 Å². The topological polar surface area (TPSA) is 68.5 Å². The van der Waals surface area contributed by atoms with Crippen molar-refractivity contribution in [1.29, 1.82) is 0 Å². The van der Waals surface area contributed by atoms with Crippen LogP contribution in [-0.2, 0) is 6.61 Å². The summed E-state index contributed by atoms with van der Waals surface area (Å²) in [5.41, 5.74) is 1.28. The highest BCUT2D eigenvalue weighted by molar-refractivity contribution is 9.10. The summed E-state index contributed by atoms with van der Waals surface area (Å²) in [7, 11) is 0. The molecule has 0 amide bonds. The summed E-state index contributed by atoms with van der Waals surface area (Å²) in [4.78, 5) is 24.1. The predicted octanol–water partition coefficient (Wildman–Crippen LogP) is 4.77.